The number of rotatable bonds is 15. The topological polar surface area (TPSA) is 147 Å². The molecule has 1 saturated heterocycles. The molecule has 1 heterocycles. The number of fused-ring (bicyclic) bond motifs is 1. The lowest BCUT2D eigenvalue weighted by molar-refractivity contribution is -0.139. The molecule has 0 spiro atoms. The number of hydrogen-bond acceptors (Lipinski definition) is 8. The summed E-state index contributed by atoms with van der Waals surface area (Å²) in [5, 5.41) is 24.3. The van der Waals surface area contributed by atoms with Crippen LogP contribution in [0.25, 0.3) is 10.8 Å². The third-order valence-corrected chi connectivity index (χ3v) is 6.66. The normalized spacial score (nSPS) is 17.4. The number of carboxylic acids is 1. The number of ether oxygens (including phenoxy) is 1. The molecule has 1 aliphatic rings. The van der Waals surface area contributed by atoms with Gasteiger partial charge in [-0.15, -0.1) is 0 Å². The van der Waals surface area contributed by atoms with Gasteiger partial charge in [0.15, 0.2) is 0 Å². The van der Waals surface area contributed by atoms with Gasteiger partial charge in [-0.25, -0.2) is 9.59 Å². The van der Waals surface area contributed by atoms with Gasteiger partial charge in [0.05, 0.1) is 26.0 Å². The molecule has 11 nitrogen and oxygen atoms in total. The monoisotopic (exact) mass is 544 g/mol. The average molecular weight is 544 g/mol. The quantitative estimate of drug-likeness (QED) is 0.147. The lowest BCUT2D eigenvalue weighted by atomic mass is 9.99. The van der Waals surface area contributed by atoms with Gasteiger partial charge in [-0.05, 0) is 28.7 Å². The van der Waals surface area contributed by atoms with Crippen molar-refractivity contribution in [2.45, 2.75) is 45.1 Å². The Bertz CT molecular complexity index is 1050. The molecule has 2 aromatic rings. The van der Waals surface area contributed by atoms with Crippen LogP contribution < -0.4 is 11.1 Å². The van der Waals surface area contributed by atoms with Crippen LogP contribution in [0.1, 0.15) is 25.8 Å². The second kappa shape index (κ2) is 15.8. The molecule has 214 valence electrons. The van der Waals surface area contributed by atoms with Gasteiger partial charge in [0, 0.05) is 32.7 Å². The number of aliphatic hydroxyl groups excluding tert-OH is 1. The molecule has 1 aliphatic heterocycles. The van der Waals surface area contributed by atoms with Crippen molar-refractivity contribution in [2.75, 3.05) is 46.1 Å². The van der Waals surface area contributed by atoms with Crippen molar-refractivity contribution < 1.29 is 33.8 Å². The molecule has 1 fully saturated rings. The molecule has 1 unspecified atom stereocenters. The van der Waals surface area contributed by atoms with E-state index in [0.717, 1.165) is 22.8 Å². The van der Waals surface area contributed by atoms with Crippen molar-refractivity contribution in [3.05, 3.63) is 48.0 Å². The largest absolute Gasteiger partial charge is 0.480 e. The molecule has 0 aromatic heterocycles. The minimum absolute atomic E-state index is 0.0423. The van der Waals surface area contributed by atoms with Crippen molar-refractivity contribution >= 4 is 30.5 Å². The Kier molecular flexibility index (Phi) is 12.4. The zero-order valence-corrected chi connectivity index (χ0v) is 22.8. The summed E-state index contributed by atoms with van der Waals surface area (Å²) < 4.78 is 16.7. The first kappa shape index (κ1) is 30.8. The van der Waals surface area contributed by atoms with E-state index in [9.17, 15) is 19.8 Å². The molecule has 3 atom stereocenters. The van der Waals surface area contributed by atoms with Gasteiger partial charge in [0.2, 0.25) is 0 Å². The summed E-state index contributed by atoms with van der Waals surface area (Å²) in [6.07, 6.45) is -0.0301. The number of nitrogens with zero attached hydrogens (tertiary/aromatic N) is 2. The fourth-order valence-electron chi connectivity index (χ4n) is 4.70. The third kappa shape index (κ3) is 9.45. The highest BCUT2D eigenvalue weighted by Crippen LogP contribution is 2.20. The summed E-state index contributed by atoms with van der Waals surface area (Å²) in [6, 6.07) is 11.9. The number of carboxylic acid groups (broad SMARTS) is 1. The Morgan fingerprint density at radius 2 is 2.00 bits per heavy atom. The highest BCUT2D eigenvalue weighted by molar-refractivity contribution is 6.18. The Hall–Kier alpha value is -2.74. The molecule has 2 amide bonds. The van der Waals surface area contributed by atoms with Crippen LogP contribution in [0, 0.1) is 5.92 Å². The maximum Gasteiger partial charge on any atom is 0.439 e. The summed E-state index contributed by atoms with van der Waals surface area (Å²) in [4.78, 5) is 29.0. The Labute approximate surface area is 230 Å². The van der Waals surface area contributed by atoms with Crippen LogP contribution in [-0.2, 0) is 25.3 Å². The van der Waals surface area contributed by atoms with Crippen molar-refractivity contribution in [1.29, 1.82) is 0 Å². The van der Waals surface area contributed by atoms with E-state index in [2.05, 4.69) is 19.2 Å². The summed E-state index contributed by atoms with van der Waals surface area (Å²) in [5.74, 6) is -0.700. The molecule has 0 saturated carbocycles. The number of urea groups is 1. The lowest BCUT2D eigenvalue weighted by Crippen LogP contribution is -2.62. The minimum Gasteiger partial charge on any atom is -0.480 e. The van der Waals surface area contributed by atoms with Crippen molar-refractivity contribution in [3.8, 4) is 0 Å². The van der Waals surface area contributed by atoms with Crippen LogP contribution in [0.2, 0.25) is 0 Å². The lowest BCUT2D eigenvalue weighted by Gasteiger charge is -2.42. The summed E-state index contributed by atoms with van der Waals surface area (Å²) in [7, 11) is 0.0423. The van der Waals surface area contributed by atoms with E-state index >= 15 is 0 Å². The number of amides is 2. The second-order valence-electron chi connectivity index (χ2n) is 10.1. The molecule has 12 heteroatoms. The molecular formula is C27H41BN4O7. The summed E-state index contributed by atoms with van der Waals surface area (Å²) >= 11 is 0. The zero-order chi connectivity index (χ0) is 28.2. The number of aliphatic carboxylic acids is 1. The maximum atomic E-state index is 13.4. The number of carbonyl (C=O) groups excluding carboxylic acids is 1. The van der Waals surface area contributed by atoms with Crippen LogP contribution in [-0.4, -0.2) is 104 Å². The number of hydrogen-bond donors (Lipinski definition) is 4. The van der Waals surface area contributed by atoms with Crippen molar-refractivity contribution in [1.82, 2.24) is 15.1 Å². The van der Waals surface area contributed by atoms with E-state index in [0.29, 0.717) is 25.7 Å². The minimum atomic E-state index is -1.12. The predicted octanol–water partition coefficient (Wildman–Crippen LogP) is 1.13. The van der Waals surface area contributed by atoms with Gasteiger partial charge >= 0.3 is 19.7 Å². The van der Waals surface area contributed by atoms with E-state index in [1.807, 2.05) is 47.4 Å². The van der Waals surface area contributed by atoms with Crippen molar-refractivity contribution in [3.63, 3.8) is 0 Å². The first-order chi connectivity index (χ1) is 18.8. The van der Waals surface area contributed by atoms with Crippen LogP contribution >= 0.6 is 0 Å². The van der Waals surface area contributed by atoms with E-state index < -0.39 is 30.4 Å². The van der Waals surface area contributed by atoms with Gasteiger partial charge in [0.1, 0.15) is 12.2 Å². The van der Waals surface area contributed by atoms with Crippen LogP contribution in [0.5, 0.6) is 0 Å². The summed E-state index contributed by atoms with van der Waals surface area (Å²) in [6.45, 7) is 5.82. The molecule has 0 aliphatic carbocycles. The number of benzene rings is 2. The van der Waals surface area contributed by atoms with Crippen molar-refractivity contribution in [2.24, 2.45) is 11.7 Å². The van der Waals surface area contributed by atoms with Gasteiger partial charge in [-0.2, -0.15) is 0 Å². The fraction of sp³-hybridized carbons (Fsp3) is 0.556. The third-order valence-electron chi connectivity index (χ3n) is 6.66. The second-order valence-corrected chi connectivity index (χ2v) is 10.1. The van der Waals surface area contributed by atoms with E-state index in [4.69, 9.17) is 19.8 Å². The predicted molar refractivity (Wildman–Crippen MR) is 149 cm³/mol. The first-order valence-electron chi connectivity index (χ1n) is 13.4. The number of morpholine rings is 1. The first-order valence-corrected chi connectivity index (χ1v) is 13.4. The van der Waals surface area contributed by atoms with E-state index in [1.54, 1.807) is 4.90 Å². The highest BCUT2D eigenvalue weighted by Gasteiger charge is 2.34. The van der Waals surface area contributed by atoms with Gasteiger partial charge in [-0.3, -0.25) is 4.90 Å². The van der Waals surface area contributed by atoms with E-state index in [1.165, 1.54) is 0 Å². The number of nitrogens with two attached hydrogens (primary N) is 1. The smallest absolute Gasteiger partial charge is 0.439 e. The average Bonchev–Trinajstić information content (AvgIpc) is 2.91. The molecular weight excluding hydrogens is 503 g/mol. The molecule has 2 aromatic carbocycles. The molecule has 5 N–H and O–H groups in total. The van der Waals surface area contributed by atoms with Gasteiger partial charge in [0.25, 0.3) is 0 Å². The Morgan fingerprint density at radius 1 is 1.23 bits per heavy atom. The standard InChI is InChI=1S/C27H41BN4O7/c1-19(2)16-24(29)39-28-38-15-11-31(10-13-33)25-18-37-14-12-32(25)27(36)30-23(26(34)35)17-21-8-5-7-20-6-3-4-9-22(20)21/h3-9,19,23-25,28,33H,10-18,29H2,1-2H3,(H,30,36)(H,34,35)/t23-,24+,25?/m0/s1. The summed E-state index contributed by atoms with van der Waals surface area (Å²) in [5.41, 5.74) is 6.76. The number of nitrogens with one attached hydrogen (secondary N) is 1. The molecule has 3 rings (SSSR count). The van der Waals surface area contributed by atoms with E-state index in [-0.39, 0.29) is 40.4 Å². The molecule has 0 bridgehead atoms. The number of aliphatic hydroxyl groups is 1. The van der Waals surface area contributed by atoms with Gasteiger partial charge < -0.3 is 40.2 Å². The molecule has 0 radical (unpaired) electrons. The van der Waals surface area contributed by atoms with Crippen LogP contribution in [0.15, 0.2) is 42.5 Å². The van der Waals surface area contributed by atoms with Crippen LogP contribution in [0.3, 0.4) is 0 Å². The number of carbonyl (C=O) groups is 2. The van der Waals surface area contributed by atoms with Crippen LogP contribution in [0.4, 0.5) is 4.79 Å². The highest BCUT2D eigenvalue weighted by atomic mass is 16.6. The maximum absolute atomic E-state index is 13.4. The SMILES string of the molecule is CC(C)C[C@H](N)OBOCCN(CCO)C1COCCN1C(=O)N[C@@H](Cc1cccc2ccccc12)C(=O)O. The van der Waals surface area contributed by atoms with Gasteiger partial charge in [-0.1, -0.05) is 56.3 Å². The zero-order valence-electron chi connectivity index (χ0n) is 22.8. The fourth-order valence-corrected chi connectivity index (χ4v) is 4.70. The Balaban J connectivity index is 1.62. The Morgan fingerprint density at radius 3 is 2.74 bits per heavy atom. The molecule has 39 heavy (non-hydrogen) atoms.